The van der Waals surface area contributed by atoms with E-state index in [1.54, 1.807) is 0 Å². The molecule has 0 heterocycles. The Morgan fingerprint density at radius 2 is 2.06 bits per heavy atom. The van der Waals surface area contributed by atoms with Crippen LogP contribution in [-0.4, -0.2) is 18.8 Å². The standard InChI is InChI=1S/C12H16BrFO2/c1-7-8(13)5-9(14)11(16-4)10(7)12(2,3)6-15/h5,15H,6H2,1-4H3. The van der Waals surface area contributed by atoms with Crippen LogP contribution in [0.25, 0.3) is 0 Å². The number of rotatable bonds is 3. The quantitative estimate of drug-likeness (QED) is 0.927. The van der Waals surface area contributed by atoms with Gasteiger partial charge < -0.3 is 9.84 Å². The molecule has 0 fully saturated rings. The molecule has 0 atom stereocenters. The zero-order chi connectivity index (χ0) is 12.5. The Morgan fingerprint density at radius 3 is 2.50 bits per heavy atom. The minimum Gasteiger partial charge on any atom is -0.493 e. The van der Waals surface area contributed by atoms with Crippen molar-refractivity contribution in [2.45, 2.75) is 26.2 Å². The Labute approximate surface area is 104 Å². The molecule has 0 aliphatic carbocycles. The second-order valence-corrected chi connectivity index (χ2v) is 5.27. The molecule has 0 aliphatic heterocycles. The van der Waals surface area contributed by atoms with Gasteiger partial charge in [0.25, 0.3) is 0 Å². The van der Waals surface area contributed by atoms with Crippen LogP contribution in [0.5, 0.6) is 5.75 Å². The number of aliphatic hydroxyl groups excluding tert-OH is 1. The molecule has 0 saturated heterocycles. The molecule has 0 aromatic heterocycles. The van der Waals surface area contributed by atoms with Crippen molar-refractivity contribution >= 4 is 15.9 Å². The van der Waals surface area contributed by atoms with Gasteiger partial charge in [-0.25, -0.2) is 4.39 Å². The van der Waals surface area contributed by atoms with Gasteiger partial charge in [0.2, 0.25) is 0 Å². The Kier molecular flexibility index (Phi) is 3.97. The van der Waals surface area contributed by atoms with Gasteiger partial charge in [-0.3, -0.25) is 0 Å². The topological polar surface area (TPSA) is 29.5 Å². The molecule has 1 N–H and O–H groups in total. The van der Waals surface area contributed by atoms with Crippen LogP contribution >= 0.6 is 15.9 Å². The summed E-state index contributed by atoms with van der Waals surface area (Å²) in [5, 5.41) is 9.38. The molecule has 90 valence electrons. The molecule has 0 aliphatic rings. The van der Waals surface area contributed by atoms with Crippen molar-refractivity contribution in [3.05, 3.63) is 27.5 Å². The van der Waals surface area contributed by atoms with Crippen molar-refractivity contribution in [3.8, 4) is 5.75 Å². The summed E-state index contributed by atoms with van der Waals surface area (Å²) in [4.78, 5) is 0. The molecule has 0 bridgehead atoms. The summed E-state index contributed by atoms with van der Waals surface area (Å²) in [7, 11) is 1.43. The van der Waals surface area contributed by atoms with Crippen molar-refractivity contribution in [1.82, 2.24) is 0 Å². The highest BCUT2D eigenvalue weighted by Crippen LogP contribution is 2.39. The van der Waals surface area contributed by atoms with Crippen LogP contribution in [-0.2, 0) is 5.41 Å². The van der Waals surface area contributed by atoms with Crippen LogP contribution in [0.2, 0.25) is 0 Å². The lowest BCUT2D eigenvalue weighted by Gasteiger charge is -2.27. The molecule has 0 unspecified atom stereocenters. The first-order valence-electron chi connectivity index (χ1n) is 4.99. The van der Waals surface area contributed by atoms with Crippen molar-refractivity contribution in [3.63, 3.8) is 0 Å². The molecule has 1 aromatic rings. The first-order valence-corrected chi connectivity index (χ1v) is 5.78. The second-order valence-electron chi connectivity index (χ2n) is 4.42. The van der Waals surface area contributed by atoms with E-state index in [1.807, 2.05) is 20.8 Å². The zero-order valence-electron chi connectivity index (χ0n) is 9.90. The monoisotopic (exact) mass is 290 g/mol. The van der Waals surface area contributed by atoms with E-state index in [0.29, 0.717) is 10.0 Å². The highest BCUT2D eigenvalue weighted by molar-refractivity contribution is 9.10. The summed E-state index contributed by atoms with van der Waals surface area (Å²) < 4.78 is 19.5. The minimum atomic E-state index is -0.542. The molecule has 0 spiro atoms. The summed E-state index contributed by atoms with van der Waals surface area (Å²) in [6, 6.07) is 1.38. The fraction of sp³-hybridized carbons (Fsp3) is 0.500. The Morgan fingerprint density at radius 1 is 1.50 bits per heavy atom. The number of benzene rings is 1. The van der Waals surface area contributed by atoms with Gasteiger partial charge in [-0.1, -0.05) is 29.8 Å². The zero-order valence-corrected chi connectivity index (χ0v) is 11.5. The first kappa shape index (κ1) is 13.5. The molecule has 1 rings (SSSR count). The van der Waals surface area contributed by atoms with E-state index in [2.05, 4.69) is 15.9 Å². The summed E-state index contributed by atoms with van der Waals surface area (Å²) in [6.07, 6.45) is 0. The number of hydrogen-bond acceptors (Lipinski definition) is 2. The SMILES string of the molecule is COc1c(F)cc(Br)c(C)c1C(C)(C)CO. The average molecular weight is 291 g/mol. The van der Waals surface area contributed by atoms with Gasteiger partial charge in [-0.2, -0.15) is 0 Å². The Balaban J connectivity index is 3.57. The van der Waals surface area contributed by atoms with Crippen LogP contribution in [0.3, 0.4) is 0 Å². The van der Waals surface area contributed by atoms with Gasteiger partial charge in [-0.05, 0) is 18.6 Å². The average Bonchev–Trinajstić information content (AvgIpc) is 2.22. The van der Waals surface area contributed by atoms with E-state index in [-0.39, 0.29) is 12.4 Å². The Hall–Kier alpha value is -0.610. The van der Waals surface area contributed by atoms with Crippen LogP contribution in [0, 0.1) is 12.7 Å². The number of halogens is 2. The van der Waals surface area contributed by atoms with E-state index in [0.717, 1.165) is 5.56 Å². The predicted molar refractivity (Wildman–Crippen MR) is 65.5 cm³/mol. The number of ether oxygens (including phenoxy) is 1. The lowest BCUT2D eigenvalue weighted by atomic mass is 9.82. The van der Waals surface area contributed by atoms with Gasteiger partial charge in [0.15, 0.2) is 11.6 Å². The van der Waals surface area contributed by atoms with Gasteiger partial charge in [-0.15, -0.1) is 0 Å². The molecule has 16 heavy (non-hydrogen) atoms. The van der Waals surface area contributed by atoms with Gasteiger partial charge >= 0.3 is 0 Å². The molecule has 0 saturated carbocycles. The van der Waals surface area contributed by atoms with Crippen LogP contribution in [0.1, 0.15) is 25.0 Å². The minimum absolute atomic E-state index is 0.0694. The number of hydrogen-bond donors (Lipinski definition) is 1. The van der Waals surface area contributed by atoms with E-state index < -0.39 is 11.2 Å². The fourth-order valence-electron chi connectivity index (χ4n) is 1.79. The van der Waals surface area contributed by atoms with Crippen molar-refractivity contribution in [2.75, 3.05) is 13.7 Å². The molecule has 2 nitrogen and oxygen atoms in total. The van der Waals surface area contributed by atoms with E-state index in [4.69, 9.17) is 4.74 Å². The summed E-state index contributed by atoms with van der Waals surface area (Å²) in [5.41, 5.74) is 1.04. The summed E-state index contributed by atoms with van der Waals surface area (Å²) in [6.45, 7) is 5.51. The molecule has 0 amide bonds. The molecule has 4 heteroatoms. The lowest BCUT2D eigenvalue weighted by molar-refractivity contribution is 0.213. The largest absolute Gasteiger partial charge is 0.493 e. The van der Waals surface area contributed by atoms with E-state index in [1.165, 1.54) is 13.2 Å². The molecular weight excluding hydrogens is 275 g/mol. The van der Waals surface area contributed by atoms with Crippen LogP contribution < -0.4 is 4.74 Å². The second kappa shape index (κ2) is 4.72. The maximum absolute atomic E-state index is 13.7. The molecule has 0 radical (unpaired) electrons. The summed E-state index contributed by atoms with van der Waals surface area (Å²) >= 11 is 3.30. The maximum Gasteiger partial charge on any atom is 0.166 e. The van der Waals surface area contributed by atoms with Gasteiger partial charge in [0.1, 0.15) is 0 Å². The fourth-order valence-corrected chi connectivity index (χ4v) is 2.19. The third-order valence-corrected chi connectivity index (χ3v) is 3.53. The van der Waals surface area contributed by atoms with Crippen LogP contribution in [0.15, 0.2) is 10.5 Å². The van der Waals surface area contributed by atoms with Gasteiger partial charge in [0, 0.05) is 15.5 Å². The third kappa shape index (κ3) is 2.23. The maximum atomic E-state index is 13.7. The van der Waals surface area contributed by atoms with Crippen molar-refractivity contribution in [1.29, 1.82) is 0 Å². The van der Waals surface area contributed by atoms with Gasteiger partial charge in [0.05, 0.1) is 13.7 Å². The van der Waals surface area contributed by atoms with Crippen LogP contribution in [0.4, 0.5) is 4.39 Å². The first-order chi connectivity index (χ1) is 7.35. The van der Waals surface area contributed by atoms with Crippen molar-refractivity contribution < 1.29 is 14.2 Å². The normalized spacial score (nSPS) is 11.7. The highest BCUT2D eigenvalue weighted by atomic mass is 79.9. The number of methoxy groups -OCH3 is 1. The molecule has 1 aromatic carbocycles. The van der Waals surface area contributed by atoms with Crippen molar-refractivity contribution in [2.24, 2.45) is 0 Å². The Bertz CT molecular complexity index is 402. The highest BCUT2D eigenvalue weighted by Gasteiger charge is 2.29. The molecular formula is C12H16BrFO2. The third-order valence-electron chi connectivity index (χ3n) is 2.71. The smallest absolute Gasteiger partial charge is 0.166 e. The lowest BCUT2D eigenvalue weighted by Crippen LogP contribution is -2.25. The number of aliphatic hydroxyl groups is 1. The predicted octanol–water partition coefficient (Wildman–Crippen LogP) is 3.18. The van der Waals surface area contributed by atoms with E-state index >= 15 is 0 Å². The van der Waals surface area contributed by atoms with E-state index in [9.17, 15) is 9.50 Å². The summed E-state index contributed by atoms with van der Waals surface area (Å²) in [5.74, 6) is -0.212.